The third-order valence-electron chi connectivity index (χ3n) is 4.41. The number of rotatable bonds is 3. The molecule has 6 heteroatoms. The van der Waals surface area contributed by atoms with Crippen LogP contribution in [0.5, 0.6) is 0 Å². The van der Waals surface area contributed by atoms with Crippen molar-refractivity contribution in [3.63, 3.8) is 0 Å². The van der Waals surface area contributed by atoms with Gasteiger partial charge in [-0.15, -0.1) is 0 Å². The van der Waals surface area contributed by atoms with Gasteiger partial charge in [0.2, 0.25) is 5.91 Å². The molecule has 0 unspecified atom stereocenters. The summed E-state index contributed by atoms with van der Waals surface area (Å²) in [6, 6.07) is 6.33. The third-order valence-corrected chi connectivity index (χ3v) is 4.41. The van der Waals surface area contributed by atoms with Gasteiger partial charge in [0.15, 0.2) is 0 Å². The summed E-state index contributed by atoms with van der Waals surface area (Å²) in [7, 11) is 0. The predicted octanol–water partition coefficient (Wildman–Crippen LogP) is 1.86. The molecule has 2 saturated heterocycles. The molecule has 1 aromatic carbocycles. The zero-order chi connectivity index (χ0) is 15.6. The Kier molecular flexibility index (Phi) is 4.00. The number of hydrogen-bond acceptors (Lipinski definition) is 3. The van der Waals surface area contributed by atoms with Crippen LogP contribution in [-0.4, -0.2) is 42.1 Å². The van der Waals surface area contributed by atoms with Crippen molar-refractivity contribution >= 4 is 12.0 Å². The number of benzene rings is 1. The van der Waals surface area contributed by atoms with E-state index in [2.05, 4.69) is 5.32 Å². The predicted molar refractivity (Wildman–Crippen MR) is 77.7 cm³/mol. The largest absolute Gasteiger partial charge is 0.441 e. The van der Waals surface area contributed by atoms with Gasteiger partial charge in [-0.1, -0.05) is 12.1 Å². The van der Waals surface area contributed by atoms with E-state index in [1.54, 1.807) is 11.0 Å². The lowest BCUT2D eigenvalue weighted by Crippen LogP contribution is -2.48. The van der Waals surface area contributed by atoms with Crippen LogP contribution in [0.25, 0.3) is 0 Å². The highest BCUT2D eigenvalue weighted by Gasteiger charge is 2.43. The first-order valence-electron chi connectivity index (χ1n) is 7.55. The van der Waals surface area contributed by atoms with Crippen molar-refractivity contribution in [1.29, 1.82) is 0 Å². The van der Waals surface area contributed by atoms with Gasteiger partial charge < -0.3 is 15.0 Å². The van der Waals surface area contributed by atoms with Gasteiger partial charge in [-0.3, -0.25) is 4.79 Å². The van der Waals surface area contributed by atoms with Crippen LogP contribution in [0.1, 0.15) is 24.8 Å². The lowest BCUT2D eigenvalue weighted by atomic mass is 9.91. The van der Waals surface area contributed by atoms with Crippen molar-refractivity contribution in [2.75, 3.05) is 19.6 Å². The smallest absolute Gasteiger partial charge is 0.407 e. The summed E-state index contributed by atoms with van der Waals surface area (Å²) in [6.45, 7) is 1.71. The van der Waals surface area contributed by atoms with Crippen LogP contribution in [0.3, 0.4) is 0 Å². The number of nitrogens with zero attached hydrogens (tertiary/aromatic N) is 1. The molecule has 2 aliphatic rings. The number of carbonyl (C=O) groups excluding carboxylic acids is 2. The topological polar surface area (TPSA) is 58.6 Å². The molecule has 1 N–H and O–H groups in total. The summed E-state index contributed by atoms with van der Waals surface area (Å²) in [5.74, 6) is -0.211. The van der Waals surface area contributed by atoms with Gasteiger partial charge in [-0.05, 0) is 24.1 Å². The Morgan fingerprint density at radius 2 is 2.14 bits per heavy atom. The van der Waals surface area contributed by atoms with Gasteiger partial charge in [0.05, 0.1) is 6.54 Å². The van der Waals surface area contributed by atoms with Crippen molar-refractivity contribution in [2.45, 2.75) is 31.3 Å². The summed E-state index contributed by atoms with van der Waals surface area (Å²) in [4.78, 5) is 25.2. The Morgan fingerprint density at radius 1 is 1.36 bits per heavy atom. The van der Waals surface area contributed by atoms with Crippen molar-refractivity contribution in [1.82, 2.24) is 10.2 Å². The molecule has 2 amide bonds. The molecule has 118 valence electrons. The standard InChI is InChI=1S/C16H19FN2O3/c17-13-3-1-2-12(10-13)4-5-14(20)19-8-6-16(7-9-19)11-18-15(21)22-16/h1-3,10H,4-9,11H2,(H,18,21). The second-order valence-corrected chi connectivity index (χ2v) is 5.94. The lowest BCUT2D eigenvalue weighted by Gasteiger charge is -2.37. The Balaban J connectivity index is 1.49. The highest BCUT2D eigenvalue weighted by molar-refractivity contribution is 5.76. The van der Waals surface area contributed by atoms with Crippen molar-refractivity contribution in [3.8, 4) is 0 Å². The summed E-state index contributed by atoms with van der Waals surface area (Å²) in [5.41, 5.74) is 0.395. The van der Waals surface area contributed by atoms with Crippen LogP contribution < -0.4 is 5.32 Å². The zero-order valence-electron chi connectivity index (χ0n) is 12.3. The maximum Gasteiger partial charge on any atom is 0.407 e. The van der Waals surface area contributed by atoms with Crippen molar-refractivity contribution in [3.05, 3.63) is 35.6 Å². The summed E-state index contributed by atoms with van der Waals surface area (Å²) >= 11 is 0. The van der Waals surface area contributed by atoms with E-state index in [1.807, 2.05) is 6.07 Å². The average molecular weight is 306 g/mol. The molecule has 22 heavy (non-hydrogen) atoms. The normalized spacial score (nSPS) is 19.9. The maximum absolute atomic E-state index is 13.1. The second-order valence-electron chi connectivity index (χ2n) is 5.94. The molecule has 0 atom stereocenters. The molecule has 0 aromatic heterocycles. The molecule has 1 aromatic rings. The minimum absolute atomic E-state index is 0.0661. The average Bonchev–Trinajstić information content (AvgIpc) is 2.86. The first-order chi connectivity index (χ1) is 10.6. The Morgan fingerprint density at radius 3 is 2.77 bits per heavy atom. The molecule has 0 radical (unpaired) electrons. The lowest BCUT2D eigenvalue weighted by molar-refractivity contribution is -0.134. The number of halogens is 1. The SMILES string of the molecule is O=C1NCC2(CCN(C(=O)CCc3cccc(F)c3)CC2)O1. The van der Waals surface area contributed by atoms with Gasteiger partial charge in [0, 0.05) is 32.4 Å². The van der Waals surface area contributed by atoms with Crippen LogP contribution in [0.2, 0.25) is 0 Å². The maximum atomic E-state index is 13.1. The van der Waals surface area contributed by atoms with Crippen molar-refractivity contribution < 1.29 is 18.7 Å². The molecule has 5 nitrogen and oxygen atoms in total. The third kappa shape index (κ3) is 3.21. The molecular weight excluding hydrogens is 287 g/mol. The molecular formula is C16H19FN2O3. The number of nitrogens with one attached hydrogen (secondary N) is 1. The summed E-state index contributed by atoms with van der Waals surface area (Å²) in [5, 5.41) is 2.68. The quantitative estimate of drug-likeness (QED) is 0.927. The molecule has 2 fully saturated rings. The Labute approximate surface area is 128 Å². The fourth-order valence-electron chi connectivity index (χ4n) is 3.05. The summed E-state index contributed by atoms with van der Waals surface area (Å²) < 4.78 is 18.4. The molecule has 2 aliphatic heterocycles. The highest BCUT2D eigenvalue weighted by Crippen LogP contribution is 2.29. The van der Waals surface area contributed by atoms with Gasteiger partial charge in [0.1, 0.15) is 11.4 Å². The van der Waals surface area contributed by atoms with Gasteiger partial charge in [-0.25, -0.2) is 9.18 Å². The van der Waals surface area contributed by atoms with Gasteiger partial charge >= 0.3 is 6.09 Å². The number of amides is 2. The molecule has 3 rings (SSSR count). The number of hydrogen-bond donors (Lipinski definition) is 1. The van der Waals surface area contributed by atoms with Crippen LogP contribution in [0.15, 0.2) is 24.3 Å². The Bertz CT molecular complexity index is 583. The number of likely N-dealkylation sites (tertiary alicyclic amines) is 1. The highest BCUT2D eigenvalue weighted by atomic mass is 19.1. The van der Waals surface area contributed by atoms with Gasteiger partial charge in [-0.2, -0.15) is 0 Å². The molecule has 2 heterocycles. The Hall–Kier alpha value is -2.11. The van der Waals surface area contributed by atoms with E-state index in [9.17, 15) is 14.0 Å². The van der Waals surface area contributed by atoms with E-state index in [0.29, 0.717) is 45.3 Å². The fraction of sp³-hybridized carbons (Fsp3) is 0.500. The van der Waals surface area contributed by atoms with Crippen LogP contribution in [0, 0.1) is 5.82 Å². The van der Waals surface area contributed by atoms with E-state index in [0.717, 1.165) is 5.56 Å². The number of piperidine rings is 1. The minimum atomic E-state index is -0.434. The molecule has 0 aliphatic carbocycles. The summed E-state index contributed by atoms with van der Waals surface area (Å²) in [6.07, 6.45) is 1.86. The molecule has 0 saturated carbocycles. The number of alkyl carbamates (subject to hydrolysis) is 1. The first kappa shape index (κ1) is 14.8. The van der Waals surface area contributed by atoms with Crippen LogP contribution >= 0.6 is 0 Å². The monoisotopic (exact) mass is 306 g/mol. The van der Waals surface area contributed by atoms with E-state index in [-0.39, 0.29) is 17.8 Å². The second kappa shape index (κ2) is 5.94. The van der Waals surface area contributed by atoms with E-state index < -0.39 is 5.60 Å². The van der Waals surface area contributed by atoms with Gasteiger partial charge in [0.25, 0.3) is 0 Å². The van der Waals surface area contributed by atoms with Crippen molar-refractivity contribution in [2.24, 2.45) is 0 Å². The number of carbonyl (C=O) groups is 2. The van der Waals surface area contributed by atoms with Crippen LogP contribution in [0.4, 0.5) is 9.18 Å². The number of aryl methyl sites for hydroxylation is 1. The number of ether oxygens (including phenoxy) is 1. The zero-order valence-corrected chi connectivity index (χ0v) is 12.3. The van der Waals surface area contributed by atoms with E-state index in [4.69, 9.17) is 4.74 Å². The first-order valence-corrected chi connectivity index (χ1v) is 7.55. The minimum Gasteiger partial charge on any atom is -0.441 e. The van der Waals surface area contributed by atoms with E-state index in [1.165, 1.54) is 12.1 Å². The molecule has 1 spiro atoms. The fourth-order valence-corrected chi connectivity index (χ4v) is 3.05. The van der Waals surface area contributed by atoms with E-state index >= 15 is 0 Å². The van der Waals surface area contributed by atoms with Crippen LogP contribution in [-0.2, 0) is 16.0 Å². The molecule has 0 bridgehead atoms.